The molecule has 1 heterocycles. The highest BCUT2D eigenvalue weighted by Gasteiger charge is 2.44. The lowest BCUT2D eigenvalue weighted by molar-refractivity contribution is -0.896. The summed E-state index contributed by atoms with van der Waals surface area (Å²) in [6.07, 6.45) is 2.33. The van der Waals surface area contributed by atoms with Gasteiger partial charge in [-0.05, 0) is 49.2 Å². The van der Waals surface area contributed by atoms with Crippen LogP contribution in [0.1, 0.15) is 37.4 Å². The maximum absolute atomic E-state index is 13.4. The van der Waals surface area contributed by atoms with E-state index in [9.17, 15) is 19.1 Å². The number of nitrogens with zero attached hydrogens (tertiary/aromatic N) is 1. The lowest BCUT2D eigenvalue weighted by atomic mass is 9.95. The molecule has 1 N–H and O–H groups in total. The van der Waals surface area contributed by atoms with Gasteiger partial charge in [0.15, 0.2) is 0 Å². The first-order valence-electron chi connectivity index (χ1n) is 11.6. The molecule has 0 radical (unpaired) electrons. The number of benzene rings is 2. The van der Waals surface area contributed by atoms with E-state index in [2.05, 4.69) is 20.4 Å². The van der Waals surface area contributed by atoms with Crippen LogP contribution < -0.4 is 14.7 Å². The molecule has 1 aliphatic heterocycles. The maximum Gasteiger partial charge on any atom is 0.295 e. The lowest BCUT2D eigenvalue weighted by Crippen LogP contribution is -3.11. The predicted octanol–water partition coefficient (Wildman–Crippen LogP) is 1.93. The summed E-state index contributed by atoms with van der Waals surface area (Å²) in [4.78, 5) is 28.9. The second-order valence-electron chi connectivity index (χ2n) is 8.21. The summed E-state index contributed by atoms with van der Waals surface area (Å²) in [5.74, 6) is -1.92. The van der Waals surface area contributed by atoms with Gasteiger partial charge in [-0.3, -0.25) is 9.59 Å². The van der Waals surface area contributed by atoms with E-state index >= 15 is 0 Å². The van der Waals surface area contributed by atoms with Crippen molar-refractivity contribution in [3.05, 3.63) is 83.7 Å². The van der Waals surface area contributed by atoms with Crippen LogP contribution in [0.4, 0.5) is 4.39 Å². The number of Topliss-reactive ketones (excluding diaryl/α,β-unsaturated/α-hetero) is 1. The van der Waals surface area contributed by atoms with Gasteiger partial charge in [0.25, 0.3) is 5.91 Å². The Morgan fingerprint density at radius 1 is 1.12 bits per heavy atom. The number of hydrogen-bond donors (Lipinski definition) is 1. The zero-order chi connectivity index (χ0) is 24.7. The van der Waals surface area contributed by atoms with Crippen molar-refractivity contribution in [1.29, 1.82) is 0 Å². The highest BCUT2D eigenvalue weighted by molar-refractivity contribution is 6.46. The molecule has 0 aliphatic carbocycles. The molecule has 0 bridgehead atoms. The molecule has 180 valence electrons. The van der Waals surface area contributed by atoms with E-state index < -0.39 is 29.3 Å². The van der Waals surface area contributed by atoms with Gasteiger partial charge >= 0.3 is 0 Å². The fourth-order valence-corrected chi connectivity index (χ4v) is 4.21. The van der Waals surface area contributed by atoms with Crippen molar-refractivity contribution in [2.24, 2.45) is 0 Å². The van der Waals surface area contributed by atoms with Gasteiger partial charge in [0.1, 0.15) is 18.2 Å². The van der Waals surface area contributed by atoms with Crippen molar-refractivity contribution in [2.75, 3.05) is 32.8 Å². The first kappa shape index (κ1) is 25.2. The number of rotatable bonds is 11. The van der Waals surface area contributed by atoms with Crippen molar-refractivity contribution in [1.82, 2.24) is 4.90 Å². The molecule has 1 fully saturated rings. The highest BCUT2D eigenvalue weighted by atomic mass is 19.1. The average Bonchev–Trinajstić information content (AvgIpc) is 3.10. The third-order valence-corrected chi connectivity index (χ3v) is 6.13. The summed E-state index contributed by atoms with van der Waals surface area (Å²) in [7, 11) is 0. The van der Waals surface area contributed by atoms with Gasteiger partial charge < -0.3 is 19.6 Å². The SMILES string of the molecule is C=CCOc1ccc(C2C(=C([O-])c3ccc(F)cc3)C(=O)C(=O)N2CCC[NH+](CC)CC)cc1. The molecule has 3 rings (SSSR count). The van der Waals surface area contributed by atoms with Gasteiger partial charge in [0.2, 0.25) is 5.78 Å². The van der Waals surface area contributed by atoms with Crippen molar-refractivity contribution in [3.63, 3.8) is 0 Å². The smallest absolute Gasteiger partial charge is 0.295 e. The van der Waals surface area contributed by atoms with Gasteiger partial charge in [0, 0.05) is 18.5 Å². The van der Waals surface area contributed by atoms with E-state index in [1.807, 2.05) is 0 Å². The fourth-order valence-electron chi connectivity index (χ4n) is 4.21. The van der Waals surface area contributed by atoms with Gasteiger partial charge in [0.05, 0.1) is 25.7 Å². The Kier molecular flexibility index (Phi) is 8.60. The zero-order valence-corrected chi connectivity index (χ0v) is 19.7. The summed E-state index contributed by atoms with van der Waals surface area (Å²) in [5.41, 5.74) is 0.709. The zero-order valence-electron chi connectivity index (χ0n) is 19.7. The largest absolute Gasteiger partial charge is 0.872 e. The fraction of sp³-hybridized carbons (Fsp3) is 0.333. The first-order valence-corrected chi connectivity index (χ1v) is 11.6. The van der Waals surface area contributed by atoms with Crippen LogP contribution in [-0.4, -0.2) is 49.4 Å². The summed E-state index contributed by atoms with van der Waals surface area (Å²) in [6.45, 7) is 11.3. The molecule has 2 aromatic rings. The molecule has 34 heavy (non-hydrogen) atoms. The number of hydrogen-bond acceptors (Lipinski definition) is 4. The second kappa shape index (κ2) is 11.6. The average molecular weight is 467 g/mol. The van der Waals surface area contributed by atoms with Crippen molar-refractivity contribution in [3.8, 4) is 5.75 Å². The van der Waals surface area contributed by atoms with Crippen LogP contribution in [-0.2, 0) is 9.59 Å². The van der Waals surface area contributed by atoms with Crippen LogP contribution in [0.15, 0.2) is 66.8 Å². The van der Waals surface area contributed by atoms with Crippen LogP contribution in [0.2, 0.25) is 0 Å². The van der Waals surface area contributed by atoms with Gasteiger partial charge in [-0.1, -0.05) is 42.7 Å². The van der Waals surface area contributed by atoms with E-state index in [0.29, 0.717) is 30.9 Å². The molecule has 1 saturated heterocycles. The standard InChI is InChI=1S/C27H31FN2O4/c1-4-18-34-22-14-10-19(11-15-22)24-23(25(31)20-8-12-21(28)13-9-20)26(32)27(33)30(24)17-7-16-29(5-2)6-3/h4,8-15,24,31H,1,5-7,16-18H2,2-3H3. The summed E-state index contributed by atoms with van der Waals surface area (Å²) in [6, 6.07) is 11.2. The number of ether oxygens (including phenoxy) is 1. The van der Waals surface area contributed by atoms with Crippen LogP contribution in [0.3, 0.4) is 0 Å². The molecule has 0 spiro atoms. The molecule has 2 aromatic carbocycles. The van der Waals surface area contributed by atoms with Gasteiger partial charge in [-0.25, -0.2) is 4.39 Å². The molecule has 1 amide bonds. The Bertz CT molecular complexity index is 1040. The molecule has 7 heteroatoms. The third-order valence-electron chi connectivity index (χ3n) is 6.13. The minimum absolute atomic E-state index is 0.105. The Labute approximate surface area is 199 Å². The molecular formula is C27H31FN2O4. The molecule has 1 atom stereocenters. The van der Waals surface area contributed by atoms with Crippen LogP contribution in [0, 0.1) is 5.82 Å². The van der Waals surface area contributed by atoms with E-state index in [1.54, 1.807) is 30.3 Å². The van der Waals surface area contributed by atoms with E-state index in [-0.39, 0.29) is 11.1 Å². The van der Waals surface area contributed by atoms with Crippen molar-refractivity contribution in [2.45, 2.75) is 26.3 Å². The van der Waals surface area contributed by atoms with Gasteiger partial charge in [-0.2, -0.15) is 0 Å². The monoisotopic (exact) mass is 466 g/mol. The number of ketones is 1. The number of quaternary nitrogens is 1. The number of amides is 1. The number of halogens is 1. The first-order chi connectivity index (χ1) is 16.4. The van der Waals surface area contributed by atoms with Crippen LogP contribution in [0.5, 0.6) is 5.75 Å². The summed E-state index contributed by atoms with van der Waals surface area (Å²) in [5, 5.41) is 13.3. The quantitative estimate of drug-likeness (QED) is 0.238. The van der Waals surface area contributed by atoms with Gasteiger partial charge in [-0.15, -0.1) is 0 Å². The molecular weight excluding hydrogens is 435 g/mol. The Morgan fingerprint density at radius 2 is 1.76 bits per heavy atom. The Balaban J connectivity index is 2.00. The number of likely N-dealkylation sites (tertiary alicyclic amines) is 1. The third kappa shape index (κ3) is 5.54. The van der Waals surface area contributed by atoms with Crippen molar-refractivity contribution < 1.29 is 28.7 Å². The topological polar surface area (TPSA) is 74.1 Å². The minimum Gasteiger partial charge on any atom is -0.872 e. The van der Waals surface area contributed by atoms with Crippen LogP contribution in [0.25, 0.3) is 5.76 Å². The Morgan fingerprint density at radius 3 is 2.35 bits per heavy atom. The second-order valence-corrected chi connectivity index (χ2v) is 8.21. The molecule has 1 aliphatic rings. The minimum atomic E-state index is -0.808. The van der Waals surface area contributed by atoms with Crippen LogP contribution >= 0.6 is 0 Å². The number of carbonyl (C=O) groups excluding carboxylic acids is 2. The predicted molar refractivity (Wildman–Crippen MR) is 126 cm³/mol. The molecule has 0 saturated carbocycles. The maximum atomic E-state index is 13.4. The molecule has 0 aromatic heterocycles. The normalized spacial score (nSPS) is 17.4. The van der Waals surface area contributed by atoms with Crippen molar-refractivity contribution >= 4 is 17.4 Å². The lowest BCUT2D eigenvalue weighted by Gasteiger charge is -2.28. The summed E-state index contributed by atoms with van der Waals surface area (Å²) < 4.78 is 18.9. The summed E-state index contributed by atoms with van der Waals surface area (Å²) >= 11 is 0. The molecule has 6 nitrogen and oxygen atoms in total. The van der Waals surface area contributed by atoms with E-state index in [0.717, 1.165) is 19.6 Å². The van der Waals surface area contributed by atoms with E-state index in [1.165, 1.54) is 34.1 Å². The number of carbonyl (C=O) groups is 2. The Hall–Kier alpha value is -3.45. The highest BCUT2D eigenvalue weighted by Crippen LogP contribution is 2.39. The number of nitrogens with one attached hydrogen (secondary N) is 1. The van der Waals surface area contributed by atoms with E-state index in [4.69, 9.17) is 4.74 Å². The molecule has 1 unspecified atom stereocenters.